The van der Waals surface area contributed by atoms with Gasteiger partial charge >= 0.3 is 0 Å². The maximum atomic E-state index is 12.9. The summed E-state index contributed by atoms with van der Waals surface area (Å²) in [6.07, 6.45) is 1.06. The van der Waals surface area contributed by atoms with Gasteiger partial charge in [0, 0.05) is 31.5 Å². The summed E-state index contributed by atoms with van der Waals surface area (Å²) >= 11 is 0. The smallest absolute Gasteiger partial charge is 0.222 e. The molecule has 1 aliphatic heterocycles. The first kappa shape index (κ1) is 15.7. The Bertz CT molecular complexity index is 657. The predicted molar refractivity (Wildman–Crippen MR) is 88.5 cm³/mol. The van der Waals surface area contributed by atoms with Gasteiger partial charge in [-0.15, -0.1) is 0 Å². The predicted octanol–water partition coefficient (Wildman–Crippen LogP) is 2.71. The van der Waals surface area contributed by atoms with Gasteiger partial charge in [-0.2, -0.15) is 0 Å². The van der Waals surface area contributed by atoms with Crippen molar-refractivity contribution in [2.45, 2.75) is 24.8 Å². The molecule has 2 aromatic carbocycles. The lowest BCUT2D eigenvalue weighted by Gasteiger charge is -2.16. The van der Waals surface area contributed by atoms with Crippen molar-refractivity contribution in [2.24, 2.45) is 5.73 Å². The second-order valence-corrected chi connectivity index (χ2v) is 6.11. The molecule has 4 heteroatoms. The van der Waals surface area contributed by atoms with Crippen LogP contribution in [0.4, 0.5) is 4.39 Å². The molecule has 2 aromatic rings. The van der Waals surface area contributed by atoms with E-state index in [4.69, 9.17) is 5.73 Å². The van der Waals surface area contributed by atoms with Crippen LogP contribution in [0.5, 0.6) is 0 Å². The van der Waals surface area contributed by atoms with Crippen LogP contribution in [0.3, 0.4) is 0 Å². The highest BCUT2D eigenvalue weighted by atomic mass is 19.1. The number of halogens is 1. The molecular formula is C19H21FN2O. The zero-order valence-corrected chi connectivity index (χ0v) is 13.0. The van der Waals surface area contributed by atoms with E-state index in [2.05, 4.69) is 12.1 Å². The molecule has 1 amide bonds. The first-order chi connectivity index (χ1) is 11.1. The highest BCUT2D eigenvalue weighted by Crippen LogP contribution is 2.26. The van der Waals surface area contributed by atoms with Crippen LogP contribution < -0.4 is 5.73 Å². The molecule has 1 heterocycles. The van der Waals surface area contributed by atoms with Crippen molar-refractivity contribution in [3.63, 3.8) is 0 Å². The molecule has 2 atom stereocenters. The summed E-state index contributed by atoms with van der Waals surface area (Å²) in [4.78, 5) is 14.3. The van der Waals surface area contributed by atoms with Crippen molar-refractivity contribution in [2.75, 3.05) is 13.1 Å². The van der Waals surface area contributed by atoms with Gasteiger partial charge in [-0.3, -0.25) is 4.79 Å². The Hall–Kier alpha value is -2.20. The molecule has 23 heavy (non-hydrogen) atoms. The van der Waals surface area contributed by atoms with Crippen molar-refractivity contribution in [1.29, 1.82) is 0 Å². The highest BCUT2D eigenvalue weighted by molar-refractivity contribution is 5.77. The molecule has 0 unspecified atom stereocenters. The largest absolute Gasteiger partial charge is 0.340 e. The summed E-state index contributed by atoms with van der Waals surface area (Å²) in [5, 5.41) is 0. The van der Waals surface area contributed by atoms with E-state index in [-0.39, 0.29) is 23.7 Å². The number of carbonyl (C=O) groups excluding carboxylic acids is 1. The minimum atomic E-state index is -0.253. The molecule has 3 rings (SSSR count). The zero-order chi connectivity index (χ0) is 16.2. The van der Waals surface area contributed by atoms with Crippen molar-refractivity contribution >= 4 is 5.91 Å². The van der Waals surface area contributed by atoms with Gasteiger partial charge in [0.15, 0.2) is 0 Å². The molecule has 0 spiro atoms. The van der Waals surface area contributed by atoms with Gasteiger partial charge in [0.1, 0.15) is 5.82 Å². The quantitative estimate of drug-likeness (QED) is 0.943. The number of aryl methyl sites for hydroxylation is 1. The Morgan fingerprint density at radius 2 is 1.78 bits per heavy atom. The SMILES string of the molecule is N[C@@H]1CN(C(=O)CCc2ccc(F)cc2)C[C@H]1c1ccccc1. The normalized spacial score (nSPS) is 20.7. The molecule has 0 radical (unpaired) electrons. The van der Waals surface area contributed by atoms with Gasteiger partial charge in [-0.25, -0.2) is 4.39 Å². The summed E-state index contributed by atoms with van der Waals surface area (Å²) in [7, 11) is 0. The highest BCUT2D eigenvalue weighted by Gasteiger charge is 2.33. The molecule has 0 aliphatic carbocycles. The first-order valence-corrected chi connectivity index (χ1v) is 7.96. The minimum absolute atomic E-state index is 0.0211. The molecule has 120 valence electrons. The maximum absolute atomic E-state index is 12.9. The molecular weight excluding hydrogens is 291 g/mol. The summed E-state index contributed by atoms with van der Waals surface area (Å²) in [6, 6.07) is 16.4. The Balaban J connectivity index is 1.57. The molecule has 1 aliphatic rings. The lowest BCUT2D eigenvalue weighted by atomic mass is 9.95. The Kier molecular flexibility index (Phi) is 4.72. The van der Waals surface area contributed by atoms with E-state index < -0.39 is 0 Å². The zero-order valence-electron chi connectivity index (χ0n) is 13.0. The lowest BCUT2D eigenvalue weighted by Crippen LogP contribution is -2.32. The van der Waals surface area contributed by atoms with Crippen LogP contribution in [0, 0.1) is 5.82 Å². The van der Waals surface area contributed by atoms with Gasteiger partial charge in [0.05, 0.1) is 0 Å². The number of likely N-dealkylation sites (tertiary alicyclic amines) is 1. The molecule has 1 fully saturated rings. The third-order valence-electron chi connectivity index (χ3n) is 4.49. The summed E-state index contributed by atoms with van der Waals surface area (Å²) < 4.78 is 12.9. The Morgan fingerprint density at radius 1 is 1.09 bits per heavy atom. The number of benzene rings is 2. The van der Waals surface area contributed by atoms with E-state index in [1.807, 2.05) is 23.1 Å². The van der Waals surface area contributed by atoms with Crippen molar-refractivity contribution in [3.8, 4) is 0 Å². The molecule has 0 aromatic heterocycles. The number of hydrogen-bond donors (Lipinski definition) is 1. The lowest BCUT2D eigenvalue weighted by molar-refractivity contribution is -0.130. The first-order valence-electron chi connectivity index (χ1n) is 7.96. The van der Waals surface area contributed by atoms with Crippen LogP contribution in [-0.4, -0.2) is 29.9 Å². The number of carbonyl (C=O) groups is 1. The van der Waals surface area contributed by atoms with E-state index in [0.717, 1.165) is 5.56 Å². The third-order valence-corrected chi connectivity index (χ3v) is 4.49. The number of hydrogen-bond acceptors (Lipinski definition) is 2. The second-order valence-electron chi connectivity index (χ2n) is 6.11. The standard InChI is InChI=1S/C19H21FN2O/c20-16-9-6-14(7-10-16)8-11-19(23)22-12-17(18(21)13-22)15-4-2-1-3-5-15/h1-7,9-10,17-18H,8,11-13,21H2/t17-,18+/m0/s1. The topological polar surface area (TPSA) is 46.3 Å². The fourth-order valence-corrected chi connectivity index (χ4v) is 3.15. The number of nitrogens with zero attached hydrogens (tertiary/aromatic N) is 1. The van der Waals surface area contributed by atoms with Gasteiger partial charge in [-0.1, -0.05) is 42.5 Å². The Morgan fingerprint density at radius 3 is 2.48 bits per heavy atom. The number of nitrogens with two attached hydrogens (primary N) is 1. The number of rotatable bonds is 4. The molecule has 0 bridgehead atoms. The van der Waals surface area contributed by atoms with E-state index in [1.54, 1.807) is 12.1 Å². The molecule has 1 saturated heterocycles. The molecule has 2 N–H and O–H groups in total. The average Bonchev–Trinajstić information content (AvgIpc) is 2.97. The maximum Gasteiger partial charge on any atom is 0.222 e. The van der Waals surface area contributed by atoms with E-state index in [9.17, 15) is 9.18 Å². The third kappa shape index (κ3) is 3.77. The average molecular weight is 312 g/mol. The minimum Gasteiger partial charge on any atom is -0.340 e. The van der Waals surface area contributed by atoms with Crippen molar-refractivity contribution < 1.29 is 9.18 Å². The molecule has 3 nitrogen and oxygen atoms in total. The van der Waals surface area contributed by atoms with E-state index in [1.165, 1.54) is 17.7 Å². The fraction of sp³-hybridized carbons (Fsp3) is 0.316. The number of amides is 1. The van der Waals surface area contributed by atoms with Crippen LogP contribution in [0.1, 0.15) is 23.5 Å². The summed E-state index contributed by atoms with van der Waals surface area (Å²) in [5.74, 6) is 0.0606. The fourth-order valence-electron chi connectivity index (χ4n) is 3.15. The van der Waals surface area contributed by atoms with Gasteiger partial charge < -0.3 is 10.6 Å². The van der Waals surface area contributed by atoms with E-state index in [0.29, 0.717) is 25.9 Å². The van der Waals surface area contributed by atoms with Gasteiger partial charge in [-0.05, 0) is 29.7 Å². The van der Waals surface area contributed by atoms with Crippen LogP contribution in [0.2, 0.25) is 0 Å². The Labute approximate surface area is 135 Å². The van der Waals surface area contributed by atoms with Crippen molar-refractivity contribution in [1.82, 2.24) is 4.90 Å². The van der Waals surface area contributed by atoms with Crippen LogP contribution >= 0.6 is 0 Å². The monoisotopic (exact) mass is 312 g/mol. The molecule has 0 saturated carbocycles. The summed E-state index contributed by atoms with van der Waals surface area (Å²) in [5.41, 5.74) is 8.39. The van der Waals surface area contributed by atoms with Crippen molar-refractivity contribution in [3.05, 3.63) is 71.5 Å². The second kappa shape index (κ2) is 6.92. The van der Waals surface area contributed by atoms with Crippen LogP contribution in [0.15, 0.2) is 54.6 Å². The van der Waals surface area contributed by atoms with Crippen LogP contribution in [0.25, 0.3) is 0 Å². The van der Waals surface area contributed by atoms with E-state index >= 15 is 0 Å². The van der Waals surface area contributed by atoms with Crippen LogP contribution in [-0.2, 0) is 11.2 Å². The van der Waals surface area contributed by atoms with Gasteiger partial charge in [0.2, 0.25) is 5.91 Å². The summed E-state index contributed by atoms with van der Waals surface area (Å²) in [6.45, 7) is 1.27. The van der Waals surface area contributed by atoms with Gasteiger partial charge in [0.25, 0.3) is 0 Å².